The van der Waals surface area contributed by atoms with E-state index in [0.717, 1.165) is 5.75 Å². The lowest BCUT2D eigenvalue weighted by molar-refractivity contribution is 0.0952. The average molecular weight is 374 g/mol. The average Bonchev–Trinajstić information content (AvgIpc) is 2.75. The van der Waals surface area contributed by atoms with Gasteiger partial charge in [-0.25, -0.2) is 0 Å². The minimum atomic E-state index is -0.253. The molecule has 0 aliphatic rings. The fraction of sp³-hybridized carbons (Fsp3) is 0.130. The van der Waals surface area contributed by atoms with Crippen LogP contribution in [0.2, 0.25) is 0 Å². The van der Waals surface area contributed by atoms with Gasteiger partial charge in [-0.3, -0.25) is 9.59 Å². The highest BCUT2D eigenvalue weighted by molar-refractivity contribution is 6.08. The SMILES string of the molecule is O=C(Nc1ccccc1C(=O)NCCCOc1ccccc1)c1ccccc1. The lowest BCUT2D eigenvalue weighted by Crippen LogP contribution is -2.27. The Kier molecular flexibility index (Phi) is 6.79. The van der Waals surface area contributed by atoms with Gasteiger partial charge in [0.15, 0.2) is 0 Å². The van der Waals surface area contributed by atoms with Crippen LogP contribution >= 0.6 is 0 Å². The Labute approximate surface area is 164 Å². The predicted molar refractivity (Wildman–Crippen MR) is 110 cm³/mol. The van der Waals surface area contributed by atoms with Crippen molar-refractivity contribution in [1.29, 1.82) is 0 Å². The molecular formula is C23H22N2O3. The second-order valence-electron chi connectivity index (χ2n) is 6.14. The van der Waals surface area contributed by atoms with Gasteiger partial charge in [0.1, 0.15) is 5.75 Å². The molecule has 142 valence electrons. The largest absolute Gasteiger partial charge is 0.494 e. The van der Waals surface area contributed by atoms with E-state index >= 15 is 0 Å². The maximum Gasteiger partial charge on any atom is 0.255 e. The summed E-state index contributed by atoms with van der Waals surface area (Å²) in [7, 11) is 0. The Morgan fingerprint density at radius 1 is 0.750 bits per heavy atom. The first-order valence-electron chi connectivity index (χ1n) is 9.15. The molecule has 0 heterocycles. The normalized spacial score (nSPS) is 10.1. The maximum absolute atomic E-state index is 12.5. The molecule has 0 aliphatic carbocycles. The van der Waals surface area contributed by atoms with Gasteiger partial charge in [0, 0.05) is 12.1 Å². The van der Waals surface area contributed by atoms with Crippen molar-refractivity contribution in [2.45, 2.75) is 6.42 Å². The lowest BCUT2D eigenvalue weighted by Gasteiger charge is -2.12. The van der Waals surface area contributed by atoms with Crippen LogP contribution in [0.15, 0.2) is 84.9 Å². The van der Waals surface area contributed by atoms with Crippen molar-refractivity contribution in [3.8, 4) is 5.75 Å². The molecule has 0 atom stereocenters. The zero-order chi connectivity index (χ0) is 19.6. The first kappa shape index (κ1) is 19.2. The number of rotatable bonds is 8. The Balaban J connectivity index is 1.52. The minimum absolute atomic E-state index is 0.233. The Morgan fingerprint density at radius 3 is 2.14 bits per heavy atom. The molecule has 5 nitrogen and oxygen atoms in total. The minimum Gasteiger partial charge on any atom is -0.494 e. The number of hydrogen-bond acceptors (Lipinski definition) is 3. The molecule has 28 heavy (non-hydrogen) atoms. The van der Waals surface area contributed by atoms with E-state index in [1.165, 1.54) is 0 Å². The molecule has 2 amide bonds. The zero-order valence-electron chi connectivity index (χ0n) is 15.4. The third-order valence-corrected chi connectivity index (χ3v) is 4.07. The van der Waals surface area contributed by atoms with Crippen molar-refractivity contribution in [2.75, 3.05) is 18.5 Å². The monoisotopic (exact) mass is 374 g/mol. The van der Waals surface area contributed by atoms with Crippen LogP contribution in [0.25, 0.3) is 0 Å². The van der Waals surface area contributed by atoms with E-state index in [2.05, 4.69) is 10.6 Å². The van der Waals surface area contributed by atoms with Gasteiger partial charge in [0.25, 0.3) is 11.8 Å². The van der Waals surface area contributed by atoms with E-state index in [4.69, 9.17) is 4.74 Å². The molecule has 2 N–H and O–H groups in total. The van der Waals surface area contributed by atoms with Crippen molar-refractivity contribution in [1.82, 2.24) is 5.32 Å². The van der Waals surface area contributed by atoms with Crippen molar-refractivity contribution in [3.05, 3.63) is 96.1 Å². The van der Waals surface area contributed by atoms with Gasteiger partial charge in [0.2, 0.25) is 0 Å². The van der Waals surface area contributed by atoms with Crippen LogP contribution in [0.3, 0.4) is 0 Å². The summed E-state index contributed by atoms with van der Waals surface area (Å²) < 4.78 is 5.61. The van der Waals surface area contributed by atoms with Crippen LogP contribution in [-0.2, 0) is 0 Å². The Bertz CT molecular complexity index is 911. The van der Waals surface area contributed by atoms with E-state index in [9.17, 15) is 9.59 Å². The van der Waals surface area contributed by atoms with Gasteiger partial charge in [-0.05, 0) is 42.8 Å². The highest BCUT2D eigenvalue weighted by atomic mass is 16.5. The van der Waals surface area contributed by atoms with Crippen LogP contribution in [0.4, 0.5) is 5.69 Å². The van der Waals surface area contributed by atoms with Crippen LogP contribution < -0.4 is 15.4 Å². The molecule has 0 aromatic heterocycles. The van der Waals surface area contributed by atoms with Crippen molar-refractivity contribution >= 4 is 17.5 Å². The fourth-order valence-electron chi connectivity index (χ4n) is 2.65. The Morgan fingerprint density at radius 2 is 1.39 bits per heavy atom. The molecule has 5 heteroatoms. The Hall–Kier alpha value is -3.60. The summed E-state index contributed by atoms with van der Waals surface area (Å²) in [6.45, 7) is 0.989. The number of anilines is 1. The molecule has 0 saturated carbocycles. The summed E-state index contributed by atoms with van der Waals surface area (Å²) in [6, 6.07) is 25.4. The highest BCUT2D eigenvalue weighted by Gasteiger charge is 2.13. The smallest absolute Gasteiger partial charge is 0.255 e. The summed E-state index contributed by atoms with van der Waals surface area (Å²) in [5, 5.41) is 5.67. The molecule has 0 unspecified atom stereocenters. The van der Waals surface area contributed by atoms with Crippen LogP contribution in [0.1, 0.15) is 27.1 Å². The first-order valence-corrected chi connectivity index (χ1v) is 9.15. The molecule has 0 aliphatic heterocycles. The maximum atomic E-state index is 12.5. The second kappa shape index (κ2) is 9.92. The van der Waals surface area contributed by atoms with Crippen molar-refractivity contribution < 1.29 is 14.3 Å². The van der Waals surface area contributed by atoms with Gasteiger partial charge in [-0.2, -0.15) is 0 Å². The molecule has 0 radical (unpaired) electrons. The highest BCUT2D eigenvalue weighted by Crippen LogP contribution is 2.16. The number of benzene rings is 3. The molecule has 0 bridgehead atoms. The number of hydrogen-bond donors (Lipinski definition) is 2. The predicted octanol–water partition coefficient (Wildman–Crippen LogP) is 4.14. The van der Waals surface area contributed by atoms with E-state index in [1.54, 1.807) is 48.5 Å². The molecule has 0 fully saturated rings. The standard InChI is InChI=1S/C23H22N2O3/c26-22(18-10-3-1-4-11-18)25-21-15-8-7-14-20(21)23(27)24-16-9-17-28-19-12-5-2-6-13-19/h1-8,10-15H,9,16-17H2,(H,24,27)(H,25,26). The molecule has 3 aromatic carbocycles. The first-order chi connectivity index (χ1) is 13.7. The molecule has 3 aromatic rings. The van der Waals surface area contributed by atoms with E-state index in [-0.39, 0.29) is 11.8 Å². The number of carbonyl (C=O) groups is 2. The number of nitrogens with one attached hydrogen (secondary N) is 2. The third kappa shape index (κ3) is 5.45. The molecule has 0 spiro atoms. The van der Waals surface area contributed by atoms with Crippen molar-refractivity contribution in [3.63, 3.8) is 0 Å². The molecular weight excluding hydrogens is 352 g/mol. The second-order valence-corrected chi connectivity index (χ2v) is 6.14. The fourth-order valence-corrected chi connectivity index (χ4v) is 2.65. The summed E-state index contributed by atoms with van der Waals surface area (Å²) in [5.41, 5.74) is 1.45. The molecule has 3 rings (SSSR count). The summed E-state index contributed by atoms with van der Waals surface area (Å²) in [6.07, 6.45) is 0.680. The van der Waals surface area contributed by atoms with Crippen LogP contribution in [-0.4, -0.2) is 25.0 Å². The van der Waals surface area contributed by atoms with E-state index < -0.39 is 0 Å². The van der Waals surface area contributed by atoms with Crippen LogP contribution in [0, 0.1) is 0 Å². The number of amides is 2. The van der Waals surface area contributed by atoms with Gasteiger partial charge >= 0.3 is 0 Å². The van der Waals surface area contributed by atoms with Gasteiger partial charge in [-0.1, -0.05) is 48.5 Å². The lowest BCUT2D eigenvalue weighted by atomic mass is 10.1. The van der Waals surface area contributed by atoms with E-state index in [1.807, 2.05) is 36.4 Å². The summed E-state index contributed by atoms with van der Waals surface area (Å²) >= 11 is 0. The van der Waals surface area contributed by atoms with Gasteiger partial charge in [0.05, 0.1) is 17.9 Å². The summed E-state index contributed by atoms with van der Waals surface area (Å²) in [5.74, 6) is 0.323. The quantitative estimate of drug-likeness (QED) is 0.583. The topological polar surface area (TPSA) is 67.4 Å². The molecule has 0 saturated heterocycles. The van der Waals surface area contributed by atoms with Gasteiger partial charge < -0.3 is 15.4 Å². The third-order valence-electron chi connectivity index (χ3n) is 4.07. The van der Waals surface area contributed by atoms with Crippen LogP contribution in [0.5, 0.6) is 5.75 Å². The van der Waals surface area contributed by atoms with Crippen molar-refractivity contribution in [2.24, 2.45) is 0 Å². The number of para-hydroxylation sites is 2. The summed E-state index contributed by atoms with van der Waals surface area (Å²) in [4.78, 5) is 24.9. The number of ether oxygens (including phenoxy) is 1. The number of carbonyl (C=O) groups excluding carboxylic acids is 2. The van der Waals surface area contributed by atoms with Gasteiger partial charge in [-0.15, -0.1) is 0 Å². The zero-order valence-corrected chi connectivity index (χ0v) is 15.4. The van der Waals surface area contributed by atoms with E-state index in [0.29, 0.717) is 36.4 Å².